The van der Waals surface area contributed by atoms with E-state index in [1.54, 1.807) is 13.1 Å². The summed E-state index contributed by atoms with van der Waals surface area (Å²) in [6.45, 7) is 1.77. The third kappa shape index (κ3) is 1.54. The number of aliphatic carboxylic acids is 1. The molecule has 2 fully saturated rings. The van der Waals surface area contributed by atoms with Crippen LogP contribution >= 0.6 is 0 Å². The summed E-state index contributed by atoms with van der Waals surface area (Å²) < 4.78 is 12.9. The lowest BCUT2D eigenvalue weighted by atomic mass is 9.96. The molecule has 1 unspecified atom stereocenters. The number of carbonyl (C=O) groups excluding carboxylic acids is 1. The van der Waals surface area contributed by atoms with Crippen molar-refractivity contribution < 1.29 is 18.9 Å². The van der Waals surface area contributed by atoms with Crippen molar-refractivity contribution in [2.45, 2.75) is 36.1 Å². The zero-order chi connectivity index (χ0) is 13.8. The molecular formula is C10H12N4O4S. The number of fused-ring (bicyclic) bond motifs is 1. The van der Waals surface area contributed by atoms with Crippen LogP contribution in [0.15, 0.2) is 12.4 Å². The topological polar surface area (TPSA) is 105 Å². The first-order valence-electron chi connectivity index (χ1n) is 5.74. The maximum absolute atomic E-state index is 12.5. The Morgan fingerprint density at radius 2 is 2.42 bits per heavy atom. The molecule has 19 heavy (non-hydrogen) atoms. The van der Waals surface area contributed by atoms with E-state index in [0.29, 0.717) is 0 Å². The van der Waals surface area contributed by atoms with Crippen molar-refractivity contribution in [3.8, 4) is 0 Å². The van der Waals surface area contributed by atoms with Gasteiger partial charge in [-0.05, 0) is 6.92 Å². The highest BCUT2D eigenvalue weighted by Crippen LogP contribution is 2.44. The number of nitrogens with zero attached hydrogens (tertiary/aromatic N) is 4. The average molecular weight is 284 g/mol. The van der Waals surface area contributed by atoms with Crippen LogP contribution in [0, 0.1) is 0 Å². The predicted molar refractivity (Wildman–Crippen MR) is 63.2 cm³/mol. The molecule has 4 atom stereocenters. The van der Waals surface area contributed by atoms with Gasteiger partial charge in [0.2, 0.25) is 5.91 Å². The van der Waals surface area contributed by atoms with Gasteiger partial charge in [0.05, 0.1) is 34.7 Å². The van der Waals surface area contributed by atoms with Gasteiger partial charge in [-0.3, -0.25) is 13.7 Å². The third-order valence-electron chi connectivity index (χ3n) is 3.69. The second-order valence-corrected chi connectivity index (χ2v) is 6.98. The molecule has 1 amide bonds. The number of aromatic nitrogens is 3. The molecule has 2 aliphatic rings. The van der Waals surface area contributed by atoms with E-state index < -0.39 is 32.9 Å². The molecule has 0 radical (unpaired) electrons. The number of rotatable bonds is 3. The molecule has 102 valence electrons. The minimum Gasteiger partial charge on any atom is -0.480 e. The second kappa shape index (κ2) is 3.86. The first-order chi connectivity index (χ1) is 8.95. The molecule has 1 N–H and O–H groups in total. The van der Waals surface area contributed by atoms with Gasteiger partial charge in [-0.25, -0.2) is 4.79 Å². The smallest absolute Gasteiger partial charge is 0.328 e. The summed E-state index contributed by atoms with van der Waals surface area (Å²) in [5.41, 5.74) is 0. The van der Waals surface area contributed by atoms with Crippen LogP contribution in [0.25, 0.3) is 0 Å². The average Bonchev–Trinajstić information content (AvgIpc) is 2.88. The van der Waals surface area contributed by atoms with Gasteiger partial charge >= 0.3 is 5.97 Å². The summed E-state index contributed by atoms with van der Waals surface area (Å²) in [5.74, 6) is -1.39. The van der Waals surface area contributed by atoms with Crippen LogP contribution < -0.4 is 0 Å². The van der Waals surface area contributed by atoms with Gasteiger partial charge in [0, 0.05) is 6.20 Å². The lowest BCUT2D eigenvalue weighted by Gasteiger charge is -2.36. The van der Waals surface area contributed by atoms with Crippen LogP contribution in [0.4, 0.5) is 0 Å². The van der Waals surface area contributed by atoms with Crippen molar-refractivity contribution in [2.24, 2.45) is 0 Å². The lowest BCUT2D eigenvalue weighted by molar-refractivity contribution is -0.157. The number of carboxylic acids is 1. The van der Waals surface area contributed by atoms with Crippen molar-refractivity contribution in [2.75, 3.05) is 0 Å². The summed E-state index contributed by atoms with van der Waals surface area (Å²) in [6.07, 6.45) is 3.21. The fourth-order valence-electron chi connectivity index (χ4n) is 2.77. The fourth-order valence-corrected chi connectivity index (χ4v) is 4.83. The monoisotopic (exact) mass is 284 g/mol. The lowest BCUT2D eigenvalue weighted by Crippen LogP contribution is -2.58. The normalized spacial score (nSPS) is 37.0. The zero-order valence-corrected chi connectivity index (χ0v) is 10.9. The van der Waals surface area contributed by atoms with E-state index in [4.69, 9.17) is 0 Å². The maximum atomic E-state index is 12.5. The highest BCUT2D eigenvalue weighted by molar-refractivity contribution is 7.87. The number of carbonyl (C=O) groups is 2. The van der Waals surface area contributed by atoms with Crippen LogP contribution in [-0.4, -0.2) is 57.2 Å². The van der Waals surface area contributed by atoms with Crippen LogP contribution in [0.5, 0.6) is 0 Å². The molecule has 3 rings (SSSR count). The van der Waals surface area contributed by atoms with Crippen molar-refractivity contribution in [3.63, 3.8) is 0 Å². The molecule has 0 aliphatic carbocycles. The molecule has 1 aromatic rings. The van der Waals surface area contributed by atoms with Gasteiger partial charge in [0.25, 0.3) is 0 Å². The van der Waals surface area contributed by atoms with Gasteiger partial charge in [0.1, 0.15) is 11.4 Å². The number of carboxylic acid groups (broad SMARTS) is 1. The highest BCUT2D eigenvalue weighted by atomic mass is 32.2. The van der Waals surface area contributed by atoms with Crippen molar-refractivity contribution in [1.29, 1.82) is 0 Å². The van der Waals surface area contributed by atoms with E-state index in [1.807, 2.05) is 0 Å². The molecule has 0 spiro atoms. The number of hydrogen-bond acceptors (Lipinski definition) is 5. The Labute approximate surface area is 110 Å². The Morgan fingerprint density at radius 3 is 2.95 bits per heavy atom. The molecule has 0 aromatic carbocycles. The Kier molecular flexibility index (Phi) is 2.49. The Balaban J connectivity index is 1.99. The van der Waals surface area contributed by atoms with E-state index in [0.717, 1.165) is 0 Å². The summed E-state index contributed by atoms with van der Waals surface area (Å²) in [5, 5.41) is 16.3. The maximum Gasteiger partial charge on any atom is 0.328 e. The van der Waals surface area contributed by atoms with E-state index in [2.05, 4.69) is 10.3 Å². The van der Waals surface area contributed by atoms with Crippen LogP contribution in [-0.2, 0) is 26.9 Å². The van der Waals surface area contributed by atoms with Crippen molar-refractivity contribution in [1.82, 2.24) is 19.9 Å². The van der Waals surface area contributed by atoms with E-state index in [-0.39, 0.29) is 18.9 Å². The Bertz CT molecular complexity index is 574. The largest absolute Gasteiger partial charge is 0.480 e. The summed E-state index contributed by atoms with van der Waals surface area (Å²) >= 11 is 0. The number of β-lactam (4-membered cyclic amide) rings is 1. The van der Waals surface area contributed by atoms with Crippen molar-refractivity contribution >= 4 is 22.7 Å². The molecule has 9 heteroatoms. The first kappa shape index (κ1) is 12.3. The second-order valence-electron chi connectivity index (χ2n) is 4.91. The zero-order valence-electron chi connectivity index (χ0n) is 10.1. The Hall–Kier alpha value is -1.77. The molecule has 2 saturated heterocycles. The van der Waals surface area contributed by atoms with Gasteiger partial charge in [-0.15, -0.1) is 5.10 Å². The van der Waals surface area contributed by atoms with E-state index in [9.17, 15) is 18.9 Å². The summed E-state index contributed by atoms with van der Waals surface area (Å²) in [7, 11) is -1.43. The van der Waals surface area contributed by atoms with Gasteiger partial charge < -0.3 is 10.0 Å². The van der Waals surface area contributed by atoms with E-state index >= 15 is 0 Å². The predicted octanol–water partition coefficient (Wildman–Crippen LogP) is -1.19. The molecule has 3 heterocycles. The quantitative estimate of drug-likeness (QED) is 0.700. The first-order valence-corrected chi connectivity index (χ1v) is 6.95. The molecule has 0 saturated carbocycles. The minimum absolute atomic E-state index is 0.150. The molecule has 8 nitrogen and oxygen atoms in total. The SMILES string of the molecule is C[C@]1(Cn2ccnn2)[C@H](C(=O)O)N2C(=O)C[C@H]2S1=O. The minimum atomic E-state index is -1.43. The summed E-state index contributed by atoms with van der Waals surface area (Å²) in [6, 6.07) is -1.08. The molecular weight excluding hydrogens is 272 g/mol. The standard InChI is InChI=1S/C10H12N4O4S/c1-10(5-13-3-2-11-12-13)8(9(16)17)14-6(15)4-7(14)19(10)18/h2-3,7-8H,4-5H2,1H3,(H,16,17)/t7-,8+,10+,19?/m1/s1. The van der Waals surface area contributed by atoms with Gasteiger partial charge in [-0.2, -0.15) is 0 Å². The van der Waals surface area contributed by atoms with E-state index in [1.165, 1.54) is 15.8 Å². The molecule has 2 aliphatic heterocycles. The highest BCUT2D eigenvalue weighted by Gasteiger charge is 2.65. The van der Waals surface area contributed by atoms with Crippen molar-refractivity contribution in [3.05, 3.63) is 12.4 Å². The molecule has 0 bridgehead atoms. The Morgan fingerprint density at radius 1 is 1.68 bits per heavy atom. The number of amides is 1. The number of hydrogen-bond donors (Lipinski definition) is 1. The third-order valence-corrected chi connectivity index (χ3v) is 5.85. The van der Waals surface area contributed by atoms with Gasteiger partial charge in [-0.1, -0.05) is 5.21 Å². The van der Waals surface area contributed by atoms with Crippen LogP contribution in [0.3, 0.4) is 0 Å². The van der Waals surface area contributed by atoms with Crippen LogP contribution in [0.1, 0.15) is 13.3 Å². The summed E-state index contributed by atoms with van der Waals surface area (Å²) in [4.78, 5) is 24.2. The van der Waals surface area contributed by atoms with Crippen LogP contribution in [0.2, 0.25) is 0 Å². The van der Waals surface area contributed by atoms with Gasteiger partial charge in [0.15, 0.2) is 0 Å². The molecule has 1 aromatic heterocycles. The fraction of sp³-hybridized carbons (Fsp3) is 0.600.